The number of carbonyl (C=O) groups is 2. The van der Waals surface area contributed by atoms with Crippen LogP contribution in [0.25, 0.3) is 0 Å². The molecule has 0 aliphatic carbocycles. The Bertz CT molecular complexity index is 616. The molecule has 1 aromatic heterocycles. The molecular formula is C18H26N2O4. The Labute approximate surface area is 142 Å². The van der Waals surface area contributed by atoms with Gasteiger partial charge < -0.3 is 19.4 Å². The van der Waals surface area contributed by atoms with Crippen molar-refractivity contribution < 1.29 is 18.7 Å². The van der Waals surface area contributed by atoms with Gasteiger partial charge in [0.2, 0.25) is 5.91 Å². The molecule has 2 aliphatic heterocycles. The first-order valence-electron chi connectivity index (χ1n) is 8.65. The molecular weight excluding hydrogens is 308 g/mol. The van der Waals surface area contributed by atoms with Gasteiger partial charge in [-0.1, -0.05) is 0 Å². The monoisotopic (exact) mass is 334 g/mol. The normalized spacial score (nSPS) is 23.0. The lowest BCUT2D eigenvalue weighted by atomic mass is 9.71. The molecule has 1 spiro atoms. The summed E-state index contributed by atoms with van der Waals surface area (Å²) in [6, 6.07) is 3.58. The molecule has 3 heterocycles. The van der Waals surface area contributed by atoms with Gasteiger partial charge in [0.1, 0.15) is 5.76 Å². The van der Waals surface area contributed by atoms with E-state index in [-0.39, 0.29) is 29.2 Å². The second kappa shape index (κ2) is 6.59. The minimum absolute atomic E-state index is 0.0397. The number of ether oxygens (including phenoxy) is 1. The second-order valence-electron chi connectivity index (χ2n) is 7.29. The minimum Gasteiger partial charge on any atom is -0.456 e. The third-order valence-electron chi connectivity index (χ3n) is 5.12. The van der Waals surface area contributed by atoms with Crippen LogP contribution in [0.1, 0.15) is 43.0 Å². The largest absolute Gasteiger partial charge is 0.456 e. The van der Waals surface area contributed by atoms with E-state index in [1.807, 2.05) is 20.8 Å². The van der Waals surface area contributed by atoms with Crippen LogP contribution < -0.4 is 5.32 Å². The molecule has 6 nitrogen and oxygen atoms in total. The Morgan fingerprint density at radius 3 is 2.58 bits per heavy atom. The maximum Gasteiger partial charge on any atom is 0.289 e. The zero-order valence-corrected chi connectivity index (χ0v) is 14.6. The highest BCUT2D eigenvalue weighted by Crippen LogP contribution is 2.44. The van der Waals surface area contributed by atoms with Gasteiger partial charge in [0.05, 0.1) is 5.92 Å². The number of rotatable bonds is 3. The first kappa shape index (κ1) is 17.0. The van der Waals surface area contributed by atoms with E-state index >= 15 is 0 Å². The molecule has 6 heteroatoms. The third-order valence-corrected chi connectivity index (χ3v) is 5.12. The van der Waals surface area contributed by atoms with Gasteiger partial charge in [-0.3, -0.25) is 9.59 Å². The summed E-state index contributed by atoms with van der Waals surface area (Å²) in [6.07, 6.45) is 1.62. The molecule has 0 saturated carbocycles. The number of carbonyl (C=O) groups excluding carboxylic acids is 2. The average molecular weight is 334 g/mol. The maximum atomic E-state index is 12.7. The van der Waals surface area contributed by atoms with Gasteiger partial charge in [-0.25, -0.2) is 0 Å². The van der Waals surface area contributed by atoms with Crippen LogP contribution in [0.4, 0.5) is 0 Å². The van der Waals surface area contributed by atoms with E-state index in [9.17, 15) is 9.59 Å². The highest BCUT2D eigenvalue weighted by Gasteiger charge is 2.52. The highest BCUT2D eigenvalue weighted by atomic mass is 16.5. The Kier molecular flexibility index (Phi) is 4.67. The van der Waals surface area contributed by atoms with Crippen molar-refractivity contribution in [2.24, 2.45) is 11.3 Å². The Morgan fingerprint density at radius 1 is 1.29 bits per heavy atom. The van der Waals surface area contributed by atoms with Gasteiger partial charge in [0, 0.05) is 37.8 Å². The second-order valence-corrected chi connectivity index (χ2v) is 7.29. The summed E-state index contributed by atoms with van der Waals surface area (Å²) in [6.45, 7) is 8.05. The lowest BCUT2D eigenvalue weighted by Gasteiger charge is -2.37. The number of nitrogens with zero attached hydrogens (tertiary/aromatic N) is 1. The van der Waals surface area contributed by atoms with Crippen molar-refractivity contribution in [2.45, 2.75) is 39.7 Å². The van der Waals surface area contributed by atoms with Crippen molar-refractivity contribution in [1.29, 1.82) is 0 Å². The van der Waals surface area contributed by atoms with Crippen LogP contribution in [0.5, 0.6) is 0 Å². The van der Waals surface area contributed by atoms with Crippen molar-refractivity contribution in [3.63, 3.8) is 0 Å². The quantitative estimate of drug-likeness (QED) is 0.917. The summed E-state index contributed by atoms with van der Waals surface area (Å²) in [5.41, 5.74) is -0.186. The van der Waals surface area contributed by atoms with Gasteiger partial charge in [-0.05, 0) is 45.7 Å². The Morgan fingerprint density at radius 2 is 2.00 bits per heavy atom. The molecule has 3 rings (SSSR count). The first-order chi connectivity index (χ1) is 11.4. The van der Waals surface area contributed by atoms with Gasteiger partial charge in [-0.15, -0.1) is 0 Å². The van der Waals surface area contributed by atoms with Crippen LogP contribution in [0.2, 0.25) is 0 Å². The highest BCUT2D eigenvalue weighted by molar-refractivity contribution is 5.93. The number of aryl methyl sites for hydroxylation is 1. The molecule has 0 radical (unpaired) electrons. The number of hydrogen-bond donors (Lipinski definition) is 1. The molecule has 132 valence electrons. The Balaban J connectivity index is 1.81. The molecule has 0 bridgehead atoms. The third kappa shape index (κ3) is 3.20. The standard InChI is InChI=1S/C18H26N2O4/c1-12(2)19-16(21)14-10-20(11-18(14)6-8-23-9-7-18)17(22)15-5-4-13(3)24-15/h4-5,12,14H,6-11H2,1-3H3,(H,19,21). The fourth-order valence-corrected chi connectivity index (χ4v) is 3.86. The molecule has 1 aromatic rings. The number of amides is 2. The molecule has 0 aromatic carbocycles. The lowest BCUT2D eigenvalue weighted by Crippen LogP contribution is -2.46. The first-order valence-corrected chi connectivity index (χ1v) is 8.65. The molecule has 2 aliphatic rings. The lowest BCUT2D eigenvalue weighted by molar-refractivity contribution is -0.130. The van der Waals surface area contributed by atoms with E-state index in [2.05, 4.69) is 5.32 Å². The fourth-order valence-electron chi connectivity index (χ4n) is 3.86. The predicted molar refractivity (Wildman–Crippen MR) is 88.6 cm³/mol. The molecule has 1 atom stereocenters. The van der Waals surface area contributed by atoms with Crippen LogP contribution in [0.3, 0.4) is 0 Å². The van der Waals surface area contributed by atoms with E-state index in [0.717, 1.165) is 12.8 Å². The number of likely N-dealkylation sites (tertiary alicyclic amines) is 1. The van der Waals surface area contributed by atoms with E-state index < -0.39 is 0 Å². The van der Waals surface area contributed by atoms with Gasteiger partial charge >= 0.3 is 0 Å². The average Bonchev–Trinajstić information content (AvgIpc) is 3.11. The van der Waals surface area contributed by atoms with Gasteiger partial charge in [0.25, 0.3) is 5.91 Å². The summed E-state index contributed by atoms with van der Waals surface area (Å²) >= 11 is 0. The summed E-state index contributed by atoms with van der Waals surface area (Å²) in [5.74, 6) is 0.780. The van der Waals surface area contributed by atoms with Crippen molar-refractivity contribution in [1.82, 2.24) is 10.2 Å². The summed E-state index contributed by atoms with van der Waals surface area (Å²) in [7, 11) is 0. The zero-order chi connectivity index (χ0) is 17.3. The van der Waals surface area contributed by atoms with E-state index in [4.69, 9.17) is 9.15 Å². The number of hydrogen-bond acceptors (Lipinski definition) is 4. The van der Waals surface area contributed by atoms with E-state index in [1.165, 1.54) is 0 Å². The topological polar surface area (TPSA) is 71.8 Å². The summed E-state index contributed by atoms with van der Waals surface area (Å²) in [5, 5.41) is 3.02. The van der Waals surface area contributed by atoms with E-state index in [1.54, 1.807) is 17.0 Å². The predicted octanol–water partition coefficient (Wildman–Crippen LogP) is 1.98. The molecule has 2 amide bonds. The van der Waals surface area contributed by atoms with Crippen LogP contribution in [0, 0.1) is 18.3 Å². The van der Waals surface area contributed by atoms with Gasteiger partial charge in [-0.2, -0.15) is 0 Å². The van der Waals surface area contributed by atoms with Crippen LogP contribution in [0.15, 0.2) is 16.5 Å². The minimum atomic E-state index is -0.191. The molecule has 2 saturated heterocycles. The number of nitrogens with one attached hydrogen (secondary N) is 1. The number of furan rings is 1. The molecule has 24 heavy (non-hydrogen) atoms. The molecule has 2 fully saturated rings. The maximum absolute atomic E-state index is 12.7. The molecule has 1 unspecified atom stereocenters. The van der Waals surface area contributed by atoms with Crippen molar-refractivity contribution in [2.75, 3.05) is 26.3 Å². The van der Waals surface area contributed by atoms with Crippen LogP contribution in [-0.4, -0.2) is 49.1 Å². The van der Waals surface area contributed by atoms with Crippen molar-refractivity contribution >= 4 is 11.8 Å². The van der Waals surface area contributed by atoms with Crippen LogP contribution in [-0.2, 0) is 9.53 Å². The fraction of sp³-hybridized carbons (Fsp3) is 0.667. The molecule has 1 N–H and O–H groups in total. The van der Waals surface area contributed by atoms with Gasteiger partial charge in [0.15, 0.2) is 5.76 Å². The van der Waals surface area contributed by atoms with Crippen LogP contribution >= 0.6 is 0 Å². The van der Waals surface area contributed by atoms with Crippen molar-refractivity contribution in [3.8, 4) is 0 Å². The van der Waals surface area contributed by atoms with Crippen molar-refractivity contribution in [3.05, 3.63) is 23.7 Å². The SMILES string of the molecule is Cc1ccc(C(=O)N2CC(C(=O)NC(C)C)C3(CCOCC3)C2)o1. The Hall–Kier alpha value is -1.82. The van der Waals surface area contributed by atoms with E-state index in [0.29, 0.717) is 37.8 Å². The summed E-state index contributed by atoms with van der Waals surface area (Å²) < 4.78 is 11.0. The zero-order valence-electron chi connectivity index (χ0n) is 14.6. The summed E-state index contributed by atoms with van der Waals surface area (Å²) in [4.78, 5) is 27.2. The smallest absolute Gasteiger partial charge is 0.289 e.